The van der Waals surface area contributed by atoms with Gasteiger partial charge in [-0.05, 0) is 32.7 Å². The first-order valence-electron chi connectivity index (χ1n) is 5.60. The molecule has 0 amide bonds. The molecule has 3 rings (SSSR count). The van der Waals surface area contributed by atoms with Crippen molar-refractivity contribution in [3.63, 3.8) is 0 Å². The van der Waals surface area contributed by atoms with Gasteiger partial charge in [-0.1, -0.05) is 0 Å². The third-order valence-electron chi connectivity index (χ3n) is 3.51. The van der Waals surface area contributed by atoms with Crippen LogP contribution in [-0.4, -0.2) is 25.2 Å². The Bertz CT molecular complexity index is 347. The number of aromatic nitrogens is 1. The fourth-order valence-corrected chi connectivity index (χ4v) is 3.79. The first kappa shape index (κ1) is 9.75. The zero-order valence-electron chi connectivity index (χ0n) is 9.01. The molecule has 1 aromatic heterocycles. The lowest BCUT2D eigenvalue weighted by Crippen LogP contribution is -2.40. The van der Waals surface area contributed by atoms with Crippen LogP contribution in [0.4, 0.5) is 0 Å². The molecule has 82 valence electrons. The quantitative estimate of drug-likeness (QED) is 0.826. The van der Waals surface area contributed by atoms with E-state index in [1.807, 2.05) is 18.4 Å². The summed E-state index contributed by atoms with van der Waals surface area (Å²) in [4.78, 5) is 6.30. The number of nitrogens with zero attached hydrogens (tertiary/aromatic N) is 1. The highest BCUT2D eigenvalue weighted by Crippen LogP contribution is 2.37. The van der Waals surface area contributed by atoms with Gasteiger partial charge in [-0.15, -0.1) is 11.3 Å². The van der Waals surface area contributed by atoms with Crippen molar-refractivity contribution in [2.75, 3.05) is 20.3 Å². The predicted molar refractivity (Wildman–Crippen MR) is 60.3 cm³/mol. The lowest BCUT2D eigenvalue weighted by Gasteiger charge is -2.24. The summed E-state index contributed by atoms with van der Waals surface area (Å²) in [6.45, 7) is 1.63. The number of fused-ring (bicyclic) bond motifs is 1. The van der Waals surface area contributed by atoms with Crippen molar-refractivity contribution in [3.8, 4) is 0 Å². The van der Waals surface area contributed by atoms with E-state index in [2.05, 4.69) is 5.32 Å². The van der Waals surface area contributed by atoms with Gasteiger partial charge in [0.15, 0.2) is 0 Å². The first-order chi connectivity index (χ1) is 7.34. The minimum absolute atomic E-state index is 0.00894. The first-order valence-corrected chi connectivity index (χ1v) is 6.41. The molecule has 1 atom stereocenters. The maximum absolute atomic E-state index is 5.51. The largest absolute Gasteiger partial charge is 0.379 e. The van der Waals surface area contributed by atoms with Crippen molar-refractivity contribution in [1.29, 1.82) is 0 Å². The van der Waals surface area contributed by atoms with Crippen molar-refractivity contribution in [1.82, 2.24) is 10.3 Å². The number of ether oxygens (including phenoxy) is 1. The highest BCUT2D eigenvalue weighted by Gasteiger charge is 2.39. The van der Waals surface area contributed by atoms with Gasteiger partial charge in [0.2, 0.25) is 0 Å². The van der Waals surface area contributed by atoms with Crippen molar-refractivity contribution in [2.45, 2.75) is 31.2 Å². The monoisotopic (exact) mass is 224 g/mol. The van der Waals surface area contributed by atoms with Gasteiger partial charge in [0.05, 0.1) is 17.8 Å². The summed E-state index contributed by atoms with van der Waals surface area (Å²) in [5, 5.41) is 4.65. The zero-order valence-corrected chi connectivity index (χ0v) is 9.82. The Morgan fingerprint density at radius 3 is 3.07 bits per heavy atom. The van der Waals surface area contributed by atoms with Gasteiger partial charge in [0, 0.05) is 11.5 Å². The minimum Gasteiger partial charge on any atom is -0.379 e. The molecule has 4 heteroatoms. The molecule has 1 N–H and O–H groups in total. The maximum Gasteiger partial charge on any atom is 0.116 e. The van der Waals surface area contributed by atoms with E-state index in [-0.39, 0.29) is 5.54 Å². The average Bonchev–Trinajstić information content (AvgIpc) is 2.92. The summed E-state index contributed by atoms with van der Waals surface area (Å²) in [5.41, 5.74) is 1.35. The molecule has 1 aliphatic heterocycles. The van der Waals surface area contributed by atoms with Crippen molar-refractivity contribution < 1.29 is 4.74 Å². The molecule has 3 nitrogen and oxygen atoms in total. The number of rotatable bonds is 2. The van der Waals surface area contributed by atoms with Crippen molar-refractivity contribution in [3.05, 3.63) is 15.6 Å². The Morgan fingerprint density at radius 1 is 1.47 bits per heavy atom. The minimum atomic E-state index is 0.00894. The molecule has 1 fully saturated rings. The second kappa shape index (κ2) is 3.54. The van der Waals surface area contributed by atoms with Crippen LogP contribution in [0.3, 0.4) is 0 Å². The normalized spacial score (nSPS) is 29.7. The van der Waals surface area contributed by atoms with E-state index in [1.165, 1.54) is 34.8 Å². The standard InChI is InChI=1S/C11H16N2OS/c1-12-11(5-6-14-7-11)10-13-8-3-2-4-9(8)15-10/h12H,2-7H2,1H3. The number of nitrogens with one attached hydrogen (secondary N) is 1. The molecule has 0 spiro atoms. The van der Waals surface area contributed by atoms with Crippen LogP contribution in [0, 0.1) is 0 Å². The highest BCUT2D eigenvalue weighted by atomic mass is 32.1. The van der Waals surface area contributed by atoms with Crippen LogP contribution in [0.1, 0.15) is 28.4 Å². The zero-order chi connectivity index (χ0) is 10.3. The van der Waals surface area contributed by atoms with Crippen LogP contribution in [0.15, 0.2) is 0 Å². The summed E-state index contributed by atoms with van der Waals surface area (Å²) in [6.07, 6.45) is 4.74. The summed E-state index contributed by atoms with van der Waals surface area (Å²) in [5.74, 6) is 0. The van der Waals surface area contributed by atoms with Gasteiger partial charge in [0.1, 0.15) is 5.01 Å². The smallest absolute Gasteiger partial charge is 0.116 e. The Morgan fingerprint density at radius 2 is 2.40 bits per heavy atom. The molecule has 1 unspecified atom stereocenters. The molecular weight excluding hydrogens is 208 g/mol. The van der Waals surface area contributed by atoms with Gasteiger partial charge >= 0.3 is 0 Å². The Kier molecular flexibility index (Phi) is 2.30. The number of hydrogen-bond acceptors (Lipinski definition) is 4. The molecule has 15 heavy (non-hydrogen) atoms. The summed E-state index contributed by atoms with van der Waals surface area (Å²) in [6, 6.07) is 0. The van der Waals surface area contributed by atoms with Crippen LogP contribution >= 0.6 is 11.3 Å². The molecule has 2 aliphatic rings. The fourth-order valence-electron chi connectivity index (χ4n) is 2.43. The van der Waals surface area contributed by atoms with Gasteiger partial charge < -0.3 is 10.1 Å². The second-order valence-electron chi connectivity index (χ2n) is 4.38. The van der Waals surface area contributed by atoms with Crippen molar-refractivity contribution >= 4 is 11.3 Å². The topological polar surface area (TPSA) is 34.2 Å². The molecule has 2 heterocycles. The van der Waals surface area contributed by atoms with E-state index in [0.717, 1.165) is 19.6 Å². The number of thiazole rings is 1. The summed E-state index contributed by atoms with van der Waals surface area (Å²) >= 11 is 1.89. The third kappa shape index (κ3) is 1.43. The molecular formula is C11H16N2OS. The number of hydrogen-bond donors (Lipinski definition) is 1. The van der Waals surface area contributed by atoms with Gasteiger partial charge in [0.25, 0.3) is 0 Å². The molecule has 0 aromatic carbocycles. The van der Waals surface area contributed by atoms with E-state index in [4.69, 9.17) is 9.72 Å². The Hall–Kier alpha value is -0.450. The Balaban J connectivity index is 1.97. The van der Waals surface area contributed by atoms with E-state index in [1.54, 1.807) is 0 Å². The predicted octanol–water partition coefficient (Wildman–Crippen LogP) is 1.47. The molecule has 0 bridgehead atoms. The van der Waals surface area contributed by atoms with E-state index in [9.17, 15) is 0 Å². The van der Waals surface area contributed by atoms with Gasteiger partial charge in [-0.3, -0.25) is 0 Å². The van der Waals surface area contributed by atoms with Crippen LogP contribution in [0.25, 0.3) is 0 Å². The SMILES string of the molecule is CNC1(c2nc3c(s2)CCC3)CCOC1. The third-order valence-corrected chi connectivity index (χ3v) is 4.87. The Labute approximate surface area is 93.9 Å². The molecule has 0 radical (unpaired) electrons. The number of aryl methyl sites for hydroxylation is 2. The van der Waals surface area contributed by atoms with E-state index < -0.39 is 0 Å². The van der Waals surface area contributed by atoms with Crippen LogP contribution in [0.2, 0.25) is 0 Å². The molecule has 0 saturated carbocycles. The lowest BCUT2D eigenvalue weighted by molar-refractivity contribution is 0.169. The van der Waals surface area contributed by atoms with E-state index >= 15 is 0 Å². The second-order valence-corrected chi connectivity index (χ2v) is 5.46. The highest BCUT2D eigenvalue weighted by molar-refractivity contribution is 7.12. The molecule has 1 saturated heterocycles. The number of likely N-dealkylation sites (N-methyl/N-ethyl adjacent to an activating group) is 1. The summed E-state index contributed by atoms with van der Waals surface area (Å²) < 4.78 is 5.51. The molecule has 1 aliphatic carbocycles. The van der Waals surface area contributed by atoms with E-state index in [0.29, 0.717) is 0 Å². The van der Waals surface area contributed by atoms with Crippen LogP contribution < -0.4 is 5.32 Å². The van der Waals surface area contributed by atoms with Crippen LogP contribution in [-0.2, 0) is 23.1 Å². The summed E-state index contributed by atoms with van der Waals surface area (Å²) in [7, 11) is 2.02. The van der Waals surface area contributed by atoms with Gasteiger partial charge in [-0.25, -0.2) is 4.98 Å². The maximum atomic E-state index is 5.51. The van der Waals surface area contributed by atoms with Crippen LogP contribution in [0.5, 0.6) is 0 Å². The van der Waals surface area contributed by atoms with Gasteiger partial charge in [-0.2, -0.15) is 0 Å². The fraction of sp³-hybridized carbons (Fsp3) is 0.727. The average molecular weight is 224 g/mol. The molecule has 1 aromatic rings. The van der Waals surface area contributed by atoms with Crippen molar-refractivity contribution in [2.24, 2.45) is 0 Å². The lowest BCUT2D eigenvalue weighted by atomic mass is 10.0.